The molecule has 1 aliphatic heterocycles. The first kappa shape index (κ1) is 29.5. The van der Waals surface area contributed by atoms with Gasteiger partial charge in [0, 0.05) is 30.1 Å². The second kappa shape index (κ2) is 14.3. The van der Waals surface area contributed by atoms with Crippen LogP contribution in [0.1, 0.15) is 73.9 Å². The van der Waals surface area contributed by atoms with Gasteiger partial charge in [-0.15, -0.1) is 0 Å². The Kier molecular flexibility index (Phi) is 10.5. The highest BCUT2D eigenvalue weighted by atomic mass is 16.5. The molecule has 40 heavy (non-hydrogen) atoms. The summed E-state index contributed by atoms with van der Waals surface area (Å²) in [5.74, 6) is -0.112. The molecule has 3 aromatic rings. The van der Waals surface area contributed by atoms with Crippen LogP contribution in [0.25, 0.3) is 11.1 Å². The van der Waals surface area contributed by atoms with Crippen LogP contribution in [0.15, 0.2) is 78.9 Å². The largest absolute Gasteiger partial charge is 0.466 e. The number of ether oxygens (including phenoxy) is 1. The van der Waals surface area contributed by atoms with E-state index in [1.165, 1.54) is 11.1 Å². The molecule has 1 amide bonds. The van der Waals surface area contributed by atoms with Crippen molar-refractivity contribution in [1.29, 1.82) is 0 Å². The van der Waals surface area contributed by atoms with Crippen molar-refractivity contribution >= 4 is 11.9 Å². The van der Waals surface area contributed by atoms with Crippen molar-refractivity contribution in [3.05, 3.63) is 95.6 Å². The van der Waals surface area contributed by atoms with Crippen LogP contribution in [-0.4, -0.2) is 49.1 Å². The van der Waals surface area contributed by atoms with E-state index >= 15 is 0 Å². The molecule has 0 aliphatic carbocycles. The van der Waals surface area contributed by atoms with Gasteiger partial charge < -0.3 is 15.0 Å². The molecule has 0 saturated carbocycles. The molecule has 1 fully saturated rings. The van der Waals surface area contributed by atoms with Gasteiger partial charge in [0.1, 0.15) is 0 Å². The average Bonchev–Trinajstić information content (AvgIpc) is 2.98. The van der Waals surface area contributed by atoms with Crippen molar-refractivity contribution in [3.8, 4) is 11.1 Å². The zero-order valence-electron chi connectivity index (χ0n) is 24.3. The van der Waals surface area contributed by atoms with Crippen molar-refractivity contribution < 1.29 is 14.3 Å². The summed E-state index contributed by atoms with van der Waals surface area (Å²) >= 11 is 0. The number of carbonyl (C=O) groups is 2. The first-order valence-corrected chi connectivity index (χ1v) is 14.8. The highest BCUT2D eigenvalue weighted by molar-refractivity contribution is 6.01. The molecule has 0 radical (unpaired) electrons. The van der Waals surface area contributed by atoms with Gasteiger partial charge in [-0.25, -0.2) is 0 Å². The lowest BCUT2D eigenvalue weighted by Crippen LogP contribution is -2.45. The fraction of sp³-hybridized carbons (Fsp3) is 0.429. The number of hydrogen-bond acceptors (Lipinski definition) is 4. The van der Waals surface area contributed by atoms with E-state index < -0.39 is 0 Å². The Bertz CT molecular complexity index is 1250. The molecule has 1 atom stereocenters. The van der Waals surface area contributed by atoms with Crippen molar-refractivity contribution in [3.63, 3.8) is 0 Å². The fourth-order valence-corrected chi connectivity index (χ4v) is 6.07. The molecule has 1 N–H and O–H groups in total. The third kappa shape index (κ3) is 7.60. The molecule has 1 saturated heterocycles. The number of nitrogens with zero attached hydrogens (tertiary/aromatic N) is 1. The Hall–Kier alpha value is -3.44. The summed E-state index contributed by atoms with van der Waals surface area (Å²) in [5.41, 5.74) is 4.97. The summed E-state index contributed by atoms with van der Waals surface area (Å²) in [7, 11) is 0. The van der Waals surface area contributed by atoms with Gasteiger partial charge in [-0.3, -0.25) is 9.59 Å². The van der Waals surface area contributed by atoms with E-state index in [2.05, 4.69) is 66.5 Å². The Morgan fingerprint density at radius 1 is 0.950 bits per heavy atom. The lowest BCUT2D eigenvalue weighted by Gasteiger charge is -2.35. The number of carbonyl (C=O) groups excluding carboxylic acids is 2. The third-order valence-corrected chi connectivity index (χ3v) is 8.40. The Morgan fingerprint density at radius 3 is 2.38 bits per heavy atom. The molecule has 0 aromatic heterocycles. The minimum Gasteiger partial charge on any atom is -0.466 e. The van der Waals surface area contributed by atoms with Crippen molar-refractivity contribution in [2.45, 2.75) is 70.8 Å². The van der Waals surface area contributed by atoms with Gasteiger partial charge in [0.05, 0.1) is 13.0 Å². The van der Waals surface area contributed by atoms with E-state index in [1.54, 1.807) is 0 Å². The van der Waals surface area contributed by atoms with Crippen LogP contribution in [0.2, 0.25) is 0 Å². The number of nitrogens with one attached hydrogen (secondary N) is 1. The van der Waals surface area contributed by atoms with Crippen molar-refractivity contribution in [2.24, 2.45) is 0 Å². The number of piperidine rings is 1. The summed E-state index contributed by atoms with van der Waals surface area (Å²) < 4.78 is 5.35. The molecule has 1 heterocycles. The summed E-state index contributed by atoms with van der Waals surface area (Å²) in [5, 5.41) is 3.31. The molecule has 1 aliphatic rings. The number of rotatable bonds is 12. The molecule has 3 aromatic carbocycles. The zero-order valence-corrected chi connectivity index (χ0v) is 24.3. The minimum atomic E-state index is -0.204. The van der Waals surface area contributed by atoms with Gasteiger partial charge >= 0.3 is 5.97 Å². The van der Waals surface area contributed by atoms with Crippen LogP contribution in [0.4, 0.5) is 0 Å². The zero-order chi connectivity index (χ0) is 28.4. The Balaban J connectivity index is 1.31. The standard InChI is InChI=1S/C35H44N2O3/c1-4-35(26-33(38)40-5-2,29-15-7-6-8-16-29)21-12-22-37-23-19-30(20-24-37)36-34(39)32-18-10-9-17-31(32)28-14-11-13-27(3)25-28/h6-11,13-18,25,30H,4-5,12,19-24,26H2,1-3H3,(H,36,39). The van der Waals surface area contributed by atoms with Crippen molar-refractivity contribution in [1.82, 2.24) is 10.2 Å². The number of hydrogen-bond donors (Lipinski definition) is 1. The molecule has 0 spiro atoms. The number of amides is 1. The molecule has 5 nitrogen and oxygen atoms in total. The van der Waals surface area contributed by atoms with E-state index in [4.69, 9.17) is 4.74 Å². The molecule has 0 bridgehead atoms. The number of aryl methyl sites for hydroxylation is 1. The van der Waals surface area contributed by atoms with Gasteiger partial charge in [0.25, 0.3) is 5.91 Å². The number of likely N-dealkylation sites (tertiary alicyclic amines) is 1. The summed E-state index contributed by atoms with van der Waals surface area (Å²) in [6.45, 7) is 9.45. The van der Waals surface area contributed by atoms with Crippen LogP contribution < -0.4 is 5.32 Å². The first-order chi connectivity index (χ1) is 19.4. The molecule has 212 valence electrons. The predicted molar refractivity (Wildman–Crippen MR) is 162 cm³/mol. The van der Waals surface area contributed by atoms with E-state index in [0.717, 1.165) is 68.4 Å². The quantitative estimate of drug-likeness (QED) is 0.253. The monoisotopic (exact) mass is 540 g/mol. The van der Waals surface area contributed by atoms with E-state index in [0.29, 0.717) is 13.0 Å². The van der Waals surface area contributed by atoms with Crippen LogP contribution in [0.3, 0.4) is 0 Å². The average molecular weight is 541 g/mol. The Labute approximate surface area is 239 Å². The van der Waals surface area contributed by atoms with Gasteiger partial charge in [0.15, 0.2) is 0 Å². The highest BCUT2D eigenvalue weighted by Gasteiger charge is 2.33. The van der Waals surface area contributed by atoms with Crippen LogP contribution in [0, 0.1) is 6.92 Å². The minimum absolute atomic E-state index is 0.00473. The van der Waals surface area contributed by atoms with Gasteiger partial charge in [-0.1, -0.05) is 85.3 Å². The second-order valence-corrected chi connectivity index (χ2v) is 11.1. The van der Waals surface area contributed by atoms with E-state index in [9.17, 15) is 9.59 Å². The molecule has 4 rings (SSSR count). The maximum atomic E-state index is 13.3. The lowest BCUT2D eigenvalue weighted by atomic mass is 9.72. The molecule has 5 heteroatoms. The smallest absolute Gasteiger partial charge is 0.306 e. The first-order valence-electron chi connectivity index (χ1n) is 14.8. The normalized spacial score (nSPS) is 15.8. The highest BCUT2D eigenvalue weighted by Crippen LogP contribution is 2.37. The van der Waals surface area contributed by atoms with E-state index in [-0.39, 0.29) is 23.3 Å². The van der Waals surface area contributed by atoms with Gasteiger partial charge in [-0.05, 0) is 75.3 Å². The molecular weight excluding hydrogens is 496 g/mol. The maximum Gasteiger partial charge on any atom is 0.306 e. The third-order valence-electron chi connectivity index (χ3n) is 8.40. The molecule has 1 unspecified atom stereocenters. The summed E-state index contributed by atoms with van der Waals surface area (Å²) in [4.78, 5) is 28.3. The second-order valence-electron chi connectivity index (χ2n) is 11.1. The lowest BCUT2D eigenvalue weighted by molar-refractivity contribution is -0.144. The van der Waals surface area contributed by atoms with Crippen LogP contribution in [0.5, 0.6) is 0 Å². The summed E-state index contributed by atoms with van der Waals surface area (Å²) in [6, 6.07) is 26.8. The van der Waals surface area contributed by atoms with Gasteiger partial charge in [0.2, 0.25) is 0 Å². The SMILES string of the molecule is CCOC(=O)CC(CC)(CCCN1CCC(NC(=O)c2ccccc2-c2cccc(C)c2)CC1)c1ccccc1. The summed E-state index contributed by atoms with van der Waals surface area (Å²) in [6.07, 6.45) is 5.16. The Morgan fingerprint density at radius 2 is 1.68 bits per heavy atom. The van der Waals surface area contributed by atoms with Gasteiger partial charge in [-0.2, -0.15) is 0 Å². The van der Waals surface area contributed by atoms with E-state index in [1.807, 2.05) is 43.3 Å². The maximum absolute atomic E-state index is 13.3. The van der Waals surface area contributed by atoms with Crippen molar-refractivity contribution in [2.75, 3.05) is 26.2 Å². The molecular formula is C35H44N2O3. The predicted octanol–water partition coefficient (Wildman–Crippen LogP) is 6.94. The topological polar surface area (TPSA) is 58.6 Å². The fourth-order valence-electron chi connectivity index (χ4n) is 6.07. The number of esters is 1. The number of benzene rings is 3. The van der Waals surface area contributed by atoms with Crippen LogP contribution in [-0.2, 0) is 14.9 Å². The van der Waals surface area contributed by atoms with Crippen LogP contribution >= 0.6 is 0 Å².